The van der Waals surface area contributed by atoms with E-state index in [9.17, 15) is 83.1 Å². The molecule has 0 unspecified atom stereocenters. The third kappa shape index (κ3) is 20.4. The number of carboxylic acid groups (broad SMARTS) is 3. The van der Waals surface area contributed by atoms with Gasteiger partial charge in [-0.2, -0.15) is 0 Å². The summed E-state index contributed by atoms with van der Waals surface area (Å²) in [7, 11) is 0. The summed E-state index contributed by atoms with van der Waals surface area (Å²) in [5, 5.41) is 67.0. The molecule has 15 N–H and O–H groups in total. The number of rotatable bonds is 15. The van der Waals surface area contributed by atoms with Crippen LogP contribution in [-0.2, 0) is 70.4 Å². The number of aromatic hydroxyl groups is 2. The molecular weight excluding hydrogens is 939 g/mol. The summed E-state index contributed by atoms with van der Waals surface area (Å²) in [6.45, 7) is 2.46. The SMILES string of the molecule is CC(C)C[C@@H]1NC(=O)CNC(=O)[C@H](CCC(=O)O)NC(=O)[C@H](CC(=O)O)NC(=O)[C@H](Cc2ccc(O)cc2)NC(=O)[C@H](Cc2ccc(O)cc2)NC(=O)CC[C@@H](C(N)=O)NC(=O)[C@H](CCC(=O)O)NC1=O. The predicted octanol–water partition coefficient (Wildman–Crippen LogP) is -3.08. The van der Waals surface area contributed by atoms with Crippen molar-refractivity contribution in [3.8, 4) is 11.5 Å². The summed E-state index contributed by atoms with van der Waals surface area (Å²) in [5.41, 5.74) is 6.26. The van der Waals surface area contributed by atoms with Crippen molar-refractivity contribution in [2.75, 3.05) is 6.54 Å². The third-order valence-electron chi connectivity index (χ3n) is 10.7. The number of phenolic OH excluding ortho intramolecular Hbond substituents is 2. The van der Waals surface area contributed by atoms with E-state index in [1.165, 1.54) is 48.5 Å². The van der Waals surface area contributed by atoms with Crippen LogP contribution in [0.25, 0.3) is 0 Å². The molecule has 1 aliphatic heterocycles. The summed E-state index contributed by atoms with van der Waals surface area (Å²) in [6, 6.07) is -1.02. The van der Waals surface area contributed by atoms with Crippen molar-refractivity contribution in [2.24, 2.45) is 11.7 Å². The van der Waals surface area contributed by atoms with Gasteiger partial charge in [0.1, 0.15) is 53.8 Å². The average molecular weight is 998 g/mol. The molecule has 1 heterocycles. The van der Waals surface area contributed by atoms with E-state index < -0.39 is 165 Å². The van der Waals surface area contributed by atoms with Crippen LogP contribution in [0.2, 0.25) is 0 Å². The van der Waals surface area contributed by atoms with Crippen LogP contribution >= 0.6 is 0 Å². The Morgan fingerprint density at radius 2 is 0.944 bits per heavy atom. The number of hydrogen-bond donors (Lipinski definition) is 14. The Labute approximate surface area is 405 Å². The molecule has 386 valence electrons. The lowest BCUT2D eigenvalue weighted by molar-refractivity contribution is -0.141. The molecule has 0 spiro atoms. The van der Waals surface area contributed by atoms with Crippen molar-refractivity contribution >= 4 is 71.1 Å². The van der Waals surface area contributed by atoms with E-state index in [2.05, 4.69) is 42.5 Å². The fraction of sp³-hybridized carbons (Fsp3) is 0.467. The van der Waals surface area contributed by atoms with Crippen molar-refractivity contribution in [2.45, 2.75) is 120 Å². The molecule has 7 atom stereocenters. The molecule has 3 rings (SSSR count). The number of nitrogens with two attached hydrogens (primary N) is 1. The van der Waals surface area contributed by atoms with E-state index in [-0.39, 0.29) is 36.7 Å². The lowest BCUT2D eigenvalue weighted by atomic mass is 10.0. The molecule has 0 radical (unpaired) electrons. The van der Waals surface area contributed by atoms with Gasteiger partial charge in [-0.3, -0.25) is 57.5 Å². The molecule has 0 bridgehead atoms. The van der Waals surface area contributed by atoms with Crippen LogP contribution in [0.5, 0.6) is 11.5 Å². The summed E-state index contributed by atoms with van der Waals surface area (Å²) < 4.78 is 0. The van der Waals surface area contributed by atoms with Crippen molar-refractivity contribution < 1.29 is 83.1 Å². The van der Waals surface area contributed by atoms with Gasteiger partial charge < -0.3 is 73.8 Å². The van der Waals surface area contributed by atoms with Crippen LogP contribution in [0.4, 0.5) is 0 Å². The van der Waals surface area contributed by atoms with E-state index in [1.807, 2.05) is 0 Å². The van der Waals surface area contributed by atoms with Crippen molar-refractivity contribution in [1.29, 1.82) is 0 Å². The van der Waals surface area contributed by atoms with Gasteiger partial charge in [0.2, 0.25) is 53.2 Å². The maximum Gasteiger partial charge on any atom is 0.305 e. The van der Waals surface area contributed by atoms with Crippen LogP contribution in [-0.4, -0.2) is 145 Å². The molecule has 0 saturated carbocycles. The standard InChI is InChI=1S/C45H59N9O17/c1-22(2)17-30-42(68)52-29(13-16-37(61)62)41(67)50-27(39(46)65)11-14-34(57)48-31(18-23-3-7-25(55)8-4-23)43(69)53-32(19-24-5-9-26(56)10-6-24)44(70)54-33(20-38(63)64)45(71)51-28(12-15-36(59)60)40(66)47-21-35(58)49-30/h3-10,22,27-33,55-56H,11-21H2,1-2H3,(H2,46,65)(H,47,66)(H,48,57)(H,49,58)(H,50,67)(H,51,71)(H,52,68)(H,53,69)(H,54,70)(H,59,60)(H,61,62)(H,63,64)/t27-,28-,29-,30-,31-,32-,33-/m0/s1. The van der Waals surface area contributed by atoms with Crippen molar-refractivity contribution in [1.82, 2.24) is 42.5 Å². The fourth-order valence-electron chi connectivity index (χ4n) is 7.04. The zero-order valence-electron chi connectivity index (χ0n) is 38.7. The zero-order chi connectivity index (χ0) is 52.9. The number of carboxylic acids is 3. The van der Waals surface area contributed by atoms with E-state index in [0.29, 0.717) is 11.1 Å². The van der Waals surface area contributed by atoms with Crippen LogP contribution < -0.4 is 48.3 Å². The first-order valence-corrected chi connectivity index (χ1v) is 22.3. The number of benzene rings is 2. The number of aliphatic carboxylic acids is 3. The van der Waals surface area contributed by atoms with Gasteiger partial charge in [0.15, 0.2) is 0 Å². The second kappa shape index (κ2) is 27.6. The van der Waals surface area contributed by atoms with Crippen molar-refractivity contribution in [3.63, 3.8) is 0 Å². The smallest absolute Gasteiger partial charge is 0.305 e. The minimum absolute atomic E-state index is 0.0760. The number of amides is 9. The summed E-state index contributed by atoms with van der Waals surface area (Å²) in [4.78, 5) is 158. The third-order valence-corrected chi connectivity index (χ3v) is 10.7. The second-order valence-electron chi connectivity index (χ2n) is 17.0. The quantitative estimate of drug-likeness (QED) is 0.0841. The Balaban J connectivity index is 2.15. The van der Waals surface area contributed by atoms with Crippen LogP contribution in [0.15, 0.2) is 48.5 Å². The Hall–Kier alpha value is -8.32. The summed E-state index contributed by atoms with van der Waals surface area (Å²) in [6.07, 6.45) is -5.54. The molecule has 9 amide bonds. The lowest BCUT2D eigenvalue weighted by Crippen LogP contribution is -2.60. The highest BCUT2D eigenvalue weighted by Crippen LogP contribution is 2.15. The van der Waals surface area contributed by atoms with Gasteiger partial charge in [-0.1, -0.05) is 38.1 Å². The number of phenols is 2. The molecule has 26 heteroatoms. The normalized spacial score (nSPS) is 22.8. The first-order valence-electron chi connectivity index (χ1n) is 22.3. The molecule has 26 nitrogen and oxygen atoms in total. The van der Waals surface area contributed by atoms with Gasteiger partial charge in [0.05, 0.1) is 13.0 Å². The molecular formula is C45H59N9O17. The lowest BCUT2D eigenvalue weighted by Gasteiger charge is -2.27. The van der Waals surface area contributed by atoms with Gasteiger partial charge >= 0.3 is 17.9 Å². The highest BCUT2D eigenvalue weighted by molar-refractivity contribution is 5.98. The molecule has 0 aliphatic carbocycles. The van der Waals surface area contributed by atoms with E-state index in [0.717, 1.165) is 0 Å². The minimum Gasteiger partial charge on any atom is -0.508 e. The van der Waals surface area contributed by atoms with Gasteiger partial charge in [-0.25, -0.2) is 0 Å². The summed E-state index contributed by atoms with van der Waals surface area (Å²) in [5.74, 6) is -14.9. The van der Waals surface area contributed by atoms with Gasteiger partial charge in [-0.05, 0) is 67.0 Å². The van der Waals surface area contributed by atoms with Crippen LogP contribution in [0.1, 0.15) is 76.3 Å². The Kier molecular flexibility index (Phi) is 22.2. The van der Waals surface area contributed by atoms with E-state index in [4.69, 9.17) is 5.73 Å². The highest BCUT2D eigenvalue weighted by atomic mass is 16.4. The molecule has 0 aromatic heterocycles. The average Bonchev–Trinajstić information content (AvgIpc) is 3.28. The maximum atomic E-state index is 14.2. The molecule has 71 heavy (non-hydrogen) atoms. The molecule has 1 saturated heterocycles. The molecule has 2 aromatic carbocycles. The monoisotopic (exact) mass is 997 g/mol. The zero-order valence-corrected chi connectivity index (χ0v) is 38.7. The number of carbonyl (C=O) groups is 12. The number of carbonyl (C=O) groups excluding carboxylic acids is 9. The van der Waals surface area contributed by atoms with Crippen molar-refractivity contribution in [3.05, 3.63) is 59.7 Å². The fourth-order valence-corrected chi connectivity index (χ4v) is 7.04. The van der Waals surface area contributed by atoms with Crippen LogP contribution in [0.3, 0.4) is 0 Å². The highest BCUT2D eigenvalue weighted by Gasteiger charge is 2.35. The molecule has 2 aromatic rings. The largest absolute Gasteiger partial charge is 0.508 e. The van der Waals surface area contributed by atoms with Crippen LogP contribution in [0, 0.1) is 5.92 Å². The van der Waals surface area contributed by atoms with E-state index in [1.54, 1.807) is 13.8 Å². The Morgan fingerprint density at radius 1 is 0.535 bits per heavy atom. The van der Waals surface area contributed by atoms with E-state index >= 15 is 0 Å². The van der Waals surface area contributed by atoms with Gasteiger partial charge in [0, 0.05) is 32.1 Å². The predicted molar refractivity (Wildman–Crippen MR) is 244 cm³/mol. The van der Waals surface area contributed by atoms with Gasteiger partial charge in [0.25, 0.3) is 0 Å². The molecule has 1 aliphatic rings. The topological polar surface area (TPSA) is 428 Å². The minimum atomic E-state index is -2.00. The first-order chi connectivity index (χ1) is 33.4. The number of hydrogen-bond acceptors (Lipinski definition) is 14. The first kappa shape index (κ1) is 57.0. The summed E-state index contributed by atoms with van der Waals surface area (Å²) >= 11 is 0. The number of nitrogens with one attached hydrogen (secondary N) is 8. The van der Waals surface area contributed by atoms with Gasteiger partial charge in [-0.15, -0.1) is 0 Å². The number of primary amides is 1. The Morgan fingerprint density at radius 3 is 1.41 bits per heavy atom. The maximum absolute atomic E-state index is 14.2. The second-order valence-corrected chi connectivity index (χ2v) is 17.0. The Bertz CT molecular complexity index is 2290. The molecule has 1 fully saturated rings.